The normalized spacial score (nSPS) is 20.9. The lowest BCUT2D eigenvalue weighted by molar-refractivity contribution is 0.177. The summed E-state index contributed by atoms with van der Waals surface area (Å²) < 4.78 is 22.9. The van der Waals surface area contributed by atoms with E-state index in [0.29, 0.717) is 12.0 Å². The van der Waals surface area contributed by atoms with Crippen molar-refractivity contribution in [2.75, 3.05) is 6.26 Å². The summed E-state index contributed by atoms with van der Waals surface area (Å²) in [7, 11) is -3.22. The minimum absolute atomic E-state index is 0.278. The van der Waals surface area contributed by atoms with Crippen molar-refractivity contribution < 1.29 is 13.5 Å². The molecule has 2 rings (SSSR count). The largest absolute Gasteiger partial charge is 0.388 e. The van der Waals surface area contributed by atoms with Gasteiger partial charge < -0.3 is 5.11 Å². The number of sulfone groups is 1. The Morgan fingerprint density at radius 2 is 2.14 bits per heavy atom. The Morgan fingerprint density at radius 3 is 2.79 bits per heavy atom. The van der Waals surface area contributed by atoms with Gasteiger partial charge in [0.2, 0.25) is 0 Å². The standard InChI is InChI=1S/C10H12O3S/c1-14(12,13)9-4-2-3-7-5-6-8(11)10(7)9/h2-4,8,11H,5-6H2,1H3/t8-/m1/s1. The average molecular weight is 212 g/mol. The molecule has 4 heteroatoms. The summed E-state index contributed by atoms with van der Waals surface area (Å²) in [6.45, 7) is 0. The molecular weight excluding hydrogens is 200 g/mol. The number of hydrogen-bond acceptors (Lipinski definition) is 3. The summed E-state index contributed by atoms with van der Waals surface area (Å²) in [4.78, 5) is 0.278. The summed E-state index contributed by atoms with van der Waals surface area (Å²) in [6, 6.07) is 5.16. The van der Waals surface area contributed by atoms with Crippen LogP contribution >= 0.6 is 0 Å². The highest BCUT2D eigenvalue weighted by atomic mass is 32.2. The molecule has 76 valence electrons. The van der Waals surface area contributed by atoms with Gasteiger partial charge in [0.1, 0.15) is 0 Å². The first kappa shape index (κ1) is 9.68. The fourth-order valence-electron chi connectivity index (χ4n) is 1.95. The van der Waals surface area contributed by atoms with Gasteiger partial charge in [-0.3, -0.25) is 0 Å². The van der Waals surface area contributed by atoms with Gasteiger partial charge in [-0.05, 0) is 24.5 Å². The van der Waals surface area contributed by atoms with E-state index in [1.54, 1.807) is 12.1 Å². The van der Waals surface area contributed by atoms with Crippen molar-refractivity contribution in [3.8, 4) is 0 Å². The van der Waals surface area contributed by atoms with Crippen LogP contribution in [-0.2, 0) is 16.3 Å². The number of rotatable bonds is 1. The van der Waals surface area contributed by atoms with E-state index in [2.05, 4.69) is 0 Å². The molecule has 1 aromatic rings. The number of aryl methyl sites for hydroxylation is 1. The third-order valence-corrected chi connectivity index (χ3v) is 3.73. The highest BCUT2D eigenvalue weighted by Gasteiger charge is 2.26. The van der Waals surface area contributed by atoms with Crippen LogP contribution in [0.5, 0.6) is 0 Å². The second-order valence-corrected chi connectivity index (χ2v) is 5.64. The summed E-state index contributed by atoms with van der Waals surface area (Å²) in [5.41, 5.74) is 1.57. The Balaban J connectivity index is 2.70. The molecule has 0 bridgehead atoms. The Morgan fingerprint density at radius 1 is 1.43 bits per heavy atom. The zero-order valence-corrected chi connectivity index (χ0v) is 8.71. The summed E-state index contributed by atoms with van der Waals surface area (Å²) in [5, 5.41) is 9.66. The van der Waals surface area contributed by atoms with Gasteiger partial charge in [-0.2, -0.15) is 0 Å². The first-order valence-corrected chi connectivity index (χ1v) is 6.39. The lowest BCUT2D eigenvalue weighted by Gasteiger charge is -2.09. The fraction of sp³-hybridized carbons (Fsp3) is 0.400. The topological polar surface area (TPSA) is 54.4 Å². The lowest BCUT2D eigenvalue weighted by Crippen LogP contribution is -2.04. The first-order chi connectivity index (χ1) is 6.50. The SMILES string of the molecule is CS(=O)(=O)c1cccc2c1[C@H](O)CC2. The quantitative estimate of drug-likeness (QED) is 0.757. The van der Waals surface area contributed by atoms with E-state index in [4.69, 9.17) is 0 Å². The van der Waals surface area contributed by atoms with Crippen LogP contribution in [0.1, 0.15) is 23.7 Å². The van der Waals surface area contributed by atoms with Gasteiger partial charge >= 0.3 is 0 Å². The summed E-state index contributed by atoms with van der Waals surface area (Å²) in [6.07, 6.45) is 1.95. The molecule has 0 amide bonds. The van der Waals surface area contributed by atoms with Crippen LogP contribution in [0.3, 0.4) is 0 Å². The molecule has 1 aromatic carbocycles. The number of benzene rings is 1. The van der Waals surface area contributed by atoms with E-state index in [1.165, 1.54) is 6.26 Å². The van der Waals surface area contributed by atoms with Gasteiger partial charge in [-0.25, -0.2) is 8.42 Å². The van der Waals surface area contributed by atoms with E-state index in [0.717, 1.165) is 12.0 Å². The zero-order valence-electron chi connectivity index (χ0n) is 7.90. The molecule has 0 saturated carbocycles. The minimum Gasteiger partial charge on any atom is -0.388 e. The van der Waals surface area contributed by atoms with Crippen LogP contribution in [0.15, 0.2) is 23.1 Å². The van der Waals surface area contributed by atoms with Gasteiger partial charge in [-0.1, -0.05) is 12.1 Å². The predicted octanol–water partition coefficient (Wildman–Crippen LogP) is 1.07. The van der Waals surface area contributed by atoms with Crippen LogP contribution in [0, 0.1) is 0 Å². The van der Waals surface area contributed by atoms with Gasteiger partial charge in [0.05, 0.1) is 11.0 Å². The van der Waals surface area contributed by atoms with Crippen LogP contribution in [-0.4, -0.2) is 19.8 Å². The highest BCUT2D eigenvalue weighted by molar-refractivity contribution is 7.90. The van der Waals surface area contributed by atoms with Crippen molar-refractivity contribution in [3.63, 3.8) is 0 Å². The van der Waals surface area contributed by atoms with Crippen molar-refractivity contribution in [3.05, 3.63) is 29.3 Å². The smallest absolute Gasteiger partial charge is 0.175 e. The molecule has 0 radical (unpaired) electrons. The zero-order chi connectivity index (χ0) is 10.3. The molecule has 3 nitrogen and oxygen atoms in total. The van der Waals surface area contributed by atoms with Crippen LogP contribution in [0.2, 0.25) is 0 Å². The molecular formula is C10H12O3S. The fourth-order valence-corrected chi connectivity index (χ4v) is 2.94. The summed E-state index contributed by atoms with van der Waals surface area (Å²) >= 11 is 0. The molecule has 1 atom stereocenters. The molecule has 14 heavy (non-hydrogen) atoms. The molecule has 0 spiro atoms. The molecule has 0 aromatic heterocycles. The molecule has 1 N–H and O–H groups in total. The molecule has 0 heterocycles. The highest BCUT2D eigenvalue weighted by Crippen LogP contribution is 2.35. The molecule has 1 aliphatic carbocycles. The van der Waals surface area contributed by atoms with Crippen molar-refractivity contribution in [2.45, 2.75) is 23.8 Å². The van der Waals surface area contributed by atoms with Crippen LogP contribution < -0.4 is 0 Å². The Kier molecular flexibility index (Phi) is 2.12. The van der Waals surface area contributed by atoms with Gasteiger partial charge in [0.25, 0.3) is 0 Å². The van der Waals surface area contributed by atoms with Gasteiger partial charge in [0, 0.05) is 11.8 Å². The van der Waals surface area contributed by atoms with E-state index in [9.17, 15) is 13.5 Å². The second-order valence-electron chi connectivity index (χ2n) is 3.66. The minimum atomic E-state index is -3.22. The van der Waals surface area contributed by atoms with E-state index < -0.39 is 15.9 Å². The first-order valence-electron chi connectivity index (χ1n) is 4.50. The van der Waals surface area contributed by atoms with Gasteiger partial charge in [-0.15, -0.1) is 0 Å². The van der Waals surface area contributed by atoms with Crippen molar-refractivity contribution >= 4 is 9.84 Å². The Hall–Kier alpha value is -0.870. The molecule has 0 fully saturated rings. The maximum Gasteiger partial charge on any atom is 0.175 e. The summed E-state index contributed by atoms with van der Waals surface area (Å²) in [5.74, 6) is 0. The van der Waals surface area contributed by atoms with Crippen molar-refractivity contribution in [1.82, 2.24) is 0 Å². The van der Waals surface area contributed by atoms with Crippen molar-refractivity contribution in [1.29, 1.82) is 0 Å². The third kappa shape index (κ3) is 1.44. The maximum atomic E-state index is 11.4. The van der Waals surface area contributed by atoms with E-state index in [1.807, 2.05) is 6.07 Å². The lowest BCUT2D eigenvalue weighted by atomic mass is 10.1. The number of aliphatic hydroxyl groups excluding tert-OH is 1. The van der Waals surface area contributed by atoms with Gasteiger partial charge in [0.15, 0.2) is 9.84 Å². The molecule has 0 saturated heterocycles. The molecule has 1 aliphatic rings. The van der Waals surface area contributed by atoms with Crippen LogP contribution in [0.25, 0.3) is 0 Å². The van der Waals surface area contributed by atoms with Crippen molar-refractivity contribution in [2.24, 2.45) is 0 Å². The predicted molar refractivity (Wildman–Crippen MR) is 52.8 cm³/mol. The number of hydrogen-bond donors (Lipinski definition) is 1. The second kappa shape index (κ2) is 3.07. The van der Waals surface area contributed by atoms with E-state index >= 15 is 0 Å². The Labute approximate surface area is 83.3 Å². The number of aliphatic hydroxyl groups is 1. The molecule has 0 aliphatic heterocycles. The van der Waals surface area contributed by atoms with Crippen LogP contribution in [0.4, 0.5) is 0 Å². The average Bonchev–Trinajstić information content (AvgIpc) is 2.46. The number of fused-ring (bicyclic) bond motifs is 1. The monoisotopic (exact) mass is 212 g/mol. The third-order valence-electron chi connectivity index (χ3n) is 2.58. The maximum absolute atomic E-state index is 11.4. The Bertz CT molecular complexity index is 462. The molecule has 0 unspecified atom stereocenters. The van der Waals surface area contributed by atoms with E-state index in [-0.39, 0.29) is 4.90 Å².